The van der Waals surface area contributed by atoms with Crippen LogP contribution in [0.15, 0.2) is 65.1 Å². The van der Waals surface area contributed by atoms with Crippen LogP contribution in [-0.4, -0.2) is 53.3 Å². The first-order valence-corrected chi connectivity index (χ1v) is 10.1. The molecule has 2 fully saturated rings. The fraction of sp³-hybridized carbons (Fsp3) is 0.261. The molecular weight excluding hydrogens is 382 g/mol. The van der Waals surface area contributed by atoms with Crippen molar-refractivity contribution in [2.45, 2.75) is 18.9 Å². The van der Waals surface area contributed by atoms with E-state index in [1.54, 1.807) is 40.1 Å². The van der Waals surface area contributed by atoms with Crippen molar-refractivity contribution in [1.29, 1.82) is 0 Å². The molecule has 2 aliphatic heterocycles. The molecule has 2 saturated heterocycles. The van der Waals surface area contributed by atoms with E-state index in [4.69, 9.17) is 4.42 Å². The number of piperidine rings is 1. The molecule has 4 amide bonds. The lowest BCUT2D eigenvalue weighted by atomic mass is 10.0. The van der Waals surface area contributed by atoms with Crippen LogP contribution >= 0.6 is 0 Å². The summed E-state index contributed by atoms with van der Waals surface area (Å²) in [6.07, 6.45) is 1.27. The van der Waals surface area contributed by atoms with Crippen LogP contribution in [0.2, 0.25) is 0 Å². The zero-order valence-corrected chi connectivity index (χ0v) is 16.4. The molecule has 0 N–H and O–H groups in total. The van der Waals surface area contributed by atoms with E-state index in [1.165, 1.54) is 4.90 Å². The van der Waals surface area contributed by atoms with Crippen molar-refractivity contribution in [1.82, 2.24) is 9.80 Å². The van der Waals surface area contributed by atoms with Gasteiger partial charge in [0.25, 0.3) is 11.8 Å². The van der Waals surface area contributed by atoms with Crippen LogP contribution in [0.25, 0.3) is 11.0 Å². The number of hydrogen-bond acceptors (Lipinski definition) is 4. The summed E-state index contributed by atoms with van der Waals surface area (Å²) in [5, 5.41) is 0.901. The number of carbonyl (C=O) groups is 3. The number of urea groups is 1. The Morgan fingerprint density at radius 3 is 2.37 bits per heavy atom. The molecule has 7 heteroatoms. The van der Waals surface area contributed by atoms with Crippen molar-refractivity contribution in [3.63, 3.8) is 0 Å². The number of hydrogen-bond donors (Lipinski definition) is 0. The highest BCUT2D eigenvalue weighted by atomic mass is 16.3. The fourth-order valence-electron chi connectivity index (χ4n) is 4.26. The number of para-hydroxylation sites is 2. The first kappa shape index (κ1) is 18.4. The summed E-state index contributed by atoms with van der Waals surface area (Å²) in [6.45, 7) is 1.11. The largest absolute Gasteiger partial charge is 0.451 e. The van der Waals surface area contributed by atoms with Gasteiger partial charge in [0.2, 0.25) is 0 Å². The van der Waals surface area contributed by atoms with Gasteiger partial charge in [0.05, 0.1) is 5.69 Å². The number of nitrogens with zero attached hydrogens (tertiary/aromatic N) is 3. The van der Waals surface area contributed by atoms with Crippen LogP contribution in [-0.2, 0) is 4.79 Å². The van der Waals surface area contributed by atoms with Gasteiger partial charge in [-0.2, -0.15) is 0 Å². The number of likely N-dealkylation sites (tertiary alicyclic amines) is 1. The molecule has 1 aromatic heterocycles. The second kappa shape index (κ2) is 7.33. The Labute approximate surface area is 173 Å². The van der Waals surface area contributed by atoms with E-state index in [0.717, 1.165) is 5.39 Å². The predicted octanol–water partition coefficient (Wildman–Crippen LogP) is 3.51. The summed E-state index contributed by atoms with van der Waals surface area (Å²) in [6, 6.07) is 17.9. The molecule has 152 valence electrons. The van der Waals surface area contributed by atoms with Gasteiger partial charge in [0.1, 0.15) is 12.1 Å². The molecule has 0 radical (unpaired) electrons. The number of anilines is 1. The Kier molecular flexibility index (Phi) is 4.50. The first-order valence-electron chi connectivity index (χ1n) is 10.1. The molecule has 2 aliphatic rings. The zero-order chi connectivity index (χ0) is 20.7. The second-order valence-electron chi connectivity index (χ2n) is 7.65. The summed E-state index contributed by atoms with van der Waals surface area (Å²) in [7, 11) is 0. The lowest BCUT2D eigenvalue weighted by molar-refractivity contribution is -0.116. The highest BCUT2D eigenvalue weighted by Crippen LogP contribution is 2.27. The van der Waals surface area contributed by atoms with Gasteiger partial charge in [0.15, 0.2) is 5.76 Å². The average molecular weight is 403 g/mol. The van der Waals surface area contributed by atoms with Gasteiger partial charge in [-0.15, -0.1) is 0 Å². The van der Waals surface area contributed by atoms with Crippen LogP contribution < -0.4 is 4.90 Å². The van der Waals surface area contributed by atoms with E-state index in [0.29, 0.717) is 43.0 Å². The molecule has 0 atom stereocenters. The number of amides is 4. The summed E-state index contributed by atoms with van der Waals surface area (Å²) in [4.78, 5) is 42.8. The molecule has 0 saturated carbocycles. The summed E-state index contributed by atoms with van der Waals surface area (Å²) >= 11 is 0. The summed E-state index contributed by atoms with van der Waals surface area (Å²) in [5.74, 6) is -0.0244. The van der Waals surface area contributed by atoms with Crippen molar-refractivity contribution in [3.05, 3.63) is 66.4 Å². The lowest BCUT2D eigenvalue weighted by Gasteiger charge is -2.35. The molecule has 0 aliphatic carbocycles. The minimum atomic E-state index is -0.284. The standard InChI is InChI=1S/C23H21N3O4/c27-21-15-25(23(29)26(21)18-7-2-1-3-8-18)17-10-12-24(13-11-17)22(28)20-14-16-6-4-5-9-19(16)30-20/h1-9,14,17H,10-13,15H2. The third-order valence-corrected chi connectivity index (χ3v) is 5.84. The quantitative estimate of drug-likeness (QED) is 0.628. The van der Waals surface area contributed by atoms with Crippen LogP contribution in [0, 0.1) is 0 Å². The third kappa shape index (κ3) is 3.12. The molecule has 7 nitrogen and oxygen atoms in total. The monoisotopic (exact) mass is 403 g/mol. The van der Waals surface area contributed by atoms with E-state index in [2.05, 4.69) is 0 Å². The molecule has 2 aromatic carbocycles. The van der Waals surface area contributed by atoms with Gasteiger partial charge in [-0.05, 0) is 37.1 Å². The minimum absolute atomic E-state index is 0.0603. The lowest BCUT2D eigenvalue weighted by Crippen LogP contribution is -2.48. The number of carbonyl (C=O) groups excluding carboxylic acids is 3. The van der Waals surface area contributed by atoms with Gasteiger partial charge in [-0.25, -0.2) is 9.69 Å². The molecule has 0 spiro atoms. The van der Waals surface area contributed by atoms with E-state index in [9.17, 15) is 14.4 Å². The molecule has 0 unspecified atom stereocenters. The Balaban J connectivity index is 1.25. The Morgan fingerprint density at radius 1 is 0.933 bits per heavy atom. The smallest absolute Gasteiger partial charge is 0.332 e. The van der Waals surface area contributed by atoms with Crippen LogP contribution in [0.1, 0.15) is 23.4 Å². The SMILES string of the molecule is O=C(c1cc2ccccc2o1)N1CCC(N2CC(=O)N(c3ccccc3)C2=O)CC1. The molecule has 30 heavy (non-hydrogen) atoms. The van der Waals surface area contributed by atoms with E-state index in [1.807, 2.05) is 30.3 Å². The number of benzene rings is 2. The molecular formula is C23H21N3O4. The van der Waals surface area contributed by atoms with Crippen molar-refractivity contribution < 1.29 is 18.8 Å². The number of imide groups is 1. The molecule has 3 heterocycles. The highest BCUT2D eigenvalue weighted by molar-refractivity contribution is 6.19. The van der Waals surface area contributed by atoms with Crippen LogP contribution in [0.5, 0.6) is 0 Å². The van der Waals surface area contributed by atoms with Crippen molar-refractivity contribution in [3.8, 4) is 0 Å². The van der Waals surface area contributed by atoms with Crippen LogP contribution in [0.4, 0.5) is 10.5 Å². The number of rotatable bonds is 3. The maximum absolute atomic E-state index is 12.9. The van der Waals surface area contributed by atoms with Crippen molar-refractivity contribution in [2.75, 3.05) is 24.5 Å². The van der Waals surface area contributed by atoms with E-state index < -0.39 is 0 Å². The van der Waals surface area contributed by atoms with Gasteiger partial charge in [-0.1, -0.05) is 36.4 Å². The van der Waals surface area contributed by atoms with Crippen LogP contribution in [0.3, 0.4) is 0 Å². The Hall–Kier alpha value is -3.61. The fourth-order valence-corrected chi connectivity index (χ4v) is 4.26. The molecule has 5 rings (SSSR count). The van der Waals surface area contributed by atoms with Gasteiger partial charge >= 0.3 is 6.03 Å². The second-order valence-corrected chi connectivity index (χ2v) is 7.65. The maximum atomic E-state index is 12.9. The van der Waals surface area contributed by atoms with Gasteiger partial charge in [-0.3, -0.25) is 9.59 Å². The first-order chi connectivity index (χ1) is 14.6. The summed E-state index contributed by atoms with van der Waals surface area (Å²) in [5.41, 5.74) is 1.28. The van der Waals surface area contributed by atoms with Crippen molar-refractivity contribution in [2.24, 2.45) is 0 Å². The molecule has 0 bridgehead atoms. The van der Waals surface area contributed by atoms with E-state index >= 15 is 0 Å². The molecule has 3 aromatic rings. The number of fused-ring (bicyclic) bond motifs is 1. The third-order valence-electron chi connectivity index (χ3n) is 5.84. The minimum Gasteiger partial charge on any atom is -0.451 e. The van der Waals surface area contributed by atoms with E-state index in [-0.39, 0.29) is 30.4 Å². The normalized spacial score (nSPS) is 17.9. The predicted molar refractivity (Wildman–Crippen MR) is 111 cm³/mol. The Bertz CT molecular complexity index is 1080. The topological polar surface area (TPSA) is 74.1 Å². The maximum Gasteiger partial charge on any atom is 0.332 e. The highest BCUT2D eigenvalue weighted by Gasteiger charge is 2.42. The van der Waals surface area contributed by atoms with Crippen molar-refractivity contribution >= 4 is 34.5 Å². The average Bonchev–Trinajstić information content (AvgIpc) is 3.34. The number of furan rings is 1. The van der Waals surface area contributed by atoms with Gasteiger partial charge < -0.3 is 14.2 Å². The Morgan fingerprint density at radius 2 is 1.63 bits per heavy atom. The summed E-state index contributed by atoms with van der Waals surface area (Å²) < 4.78 is 5.70. The zero-order valence-electron chi connectivity index (χ0n) is 16.4. The van der Waals surface area contributed by atoms with Gasteiger partial charge in [0, 0.05) is 24.5 Å².